The number of rotatable bonds is 7. The Morgan fingerprint density at radius 3 is 2.39 bits per heavy atom. The van der Waals surface area contributed by atoms with Crippen molar-refractivity contribution in [2.75, 3.05) is 12.4 Å². The zero-order valence-electron chi connectivity index (χ0n) is 17.4. The summed E-state index contributed by atoms with van der Waals surface area (Å²) in [6.07, 6.45) is -2.98. The first kappa shape index (κ1) is 23.7. The average molecular weight is 461 g/mol. The summed E-state index contributed by atoms with van der Waals surface area (Å²) in [4.78, 5) is 27.7. The van der Waals surface area contributed by atoms with E-state index in [0.29, 0.717) is 29.7 Å². The van der Waals surface area contributed by atoms with Gasteiger partial charge in [0.1, 0.15) is 23.0 Å². The van der Waals surface area contributed by atoms with Crippen LogP contribution in [0.5, 0.6) is 11.5 Å². The highest BCUT2D eigenvalue weighted by Gasteiger charge is 2.31. The number of aromatic nitrogens is 1. The van der Waals surface area contributed by atoms with E-state index in [0.717, 1.165) is 5.56 Å². The Morgan fingerprint density at radius 2 is 1.73 bits per heavy atom. The van der Waals surface area contributed by atoms with Crippen LogP contribution in [-0.2, 0) is 17.4 Å². The van der Waals surface area contributed by atoms with Gasteiger partial charge >= 0.3 is 6.18 Å². The molecule has 0 atom stereocenters. The van der Waals surface area contributed by atoms with E-state index in [-0.39, 0.29) is 24.4 Å². The molecule has 0 aliphatic heterocycles. The minimum absolute atomic E-state index is 0.0598. The predicted octanol–water partition coefficient (Wildman–Crippen LogP) is 4.96. The molecular formula is C23H19F4N3O3. The molecule has 3 aromatic rings. The molecule has 10 heteroatoms. The Balaban J connectivity index is 1.57. The highest BCUT2D eigenvalue weighted by Crippen LogP contribution is 2.32. The molecule has 0 spiro atoms. The smallest absolute Gasteiger partial charge is 0.416 e. The Hall–Kier alpha value is -3.95. The van der Waals surface area contributed by atoms with Crippen LogP contribution >= 0.6 is 0 Å². The highest BCUT2D eigenvalue weighted by molar-refractivity contribution is 5.92. The SMILES string of the molecule is CNC(=O)c1cc(Oc2ccc(CCC(=O)Nc3cc(C(F)(F)F)ccc3F)cc2)ccn1. The molecule has 33 heavy (non-hydrogen) atoms. The van der Waals surface area contributed by atoms with Crippen LogP contribution in [0.25, 0.3) is 0 Å². The van der Waals surface area contributed by atoms with Gasteiger partial charge in [-0.1, -0.05) is 12.1 Å². The van der Waals surface area contributed by atoms with Crippen LogP contribution in [0.3, 0.4) is 0 Å². The van der Waals surface area contributed by atoms with Crippen molar-refractivity contribution in [2.24, 2.45) is 0 Å². The van der Waals surface area contributed by atoms with Gasteiger partial charge in [0.2, 0.25) is 5.91 Å². The van der Waals surface area contributed by atoms with E-state index in [1.165, 1.54) is 19.3 Å². The topological polar surface area (TPSA) is 80.3 Å². The monoisotopic (exact) mass is 461 g/mol. The third-order valence-electron chi connectivity index (χ3n) is 4.56. The molecule has 3 rings (SSSR count). The van der Waals surface area contributed by atoms with E-state index in [1.807, 2.05) is 0 Å². The van der Waals surface area contributed by atoms with Gasteiger partial charge in [-0.2, -0.15) is 13.2 Å². The number of carbonyl (C=O) groups is 2. The molecule has 0 fully saturated rings. The van der Waals surface area contributed by atoms with Gasteiger partial charge in [0.15, 0.2) is 0 Å². The first-order chi connectivity index (χ1) is 15.7. The molecule has 0 bridgehead atoms. The van der Waals surface area contributed by atoms with Gasteiger partial charge in [0.25, 0.3) is 5.91 Å². The molecule has 0 aliphatic rings. The second-order valence-corrected chi connectivity index (χ2v) is 6.94. The largest absolute Gasteiger partial charge is 0.457 e. The number of aryl methyl sites for hydroxylation is 1. The third-order valence-corrected chi connectivity index (χ3v) is 4.56. The summed E-state index contributed by atoms with van der Waals surface area (Å²) >= 11 is 0. The number of hydrogen-bond donors (Lipinski definition) is 2. The van der Waals surface area contributed by atoms with E-state index >= 15 is 0 Å². The zero-order valence-corrected chi connectivity index (χ0v) is 17.4. The molecule has 0 radical (unpaired) electrons. The highest BCUT2D eigenvalue weighted by atomic mass is 19.4. The summed E-state index contributed by atoms with van der Waals surface area (Å²) in [5.41, 5.74) is -0.601. The summed E-state index contributed by atoms with van der Waals surface area (Å²) < 4.78 is 57.8. The Bertz CT molecular complexity index is 1150. The van der Waals surface area contributed by atoms with Gasteiger partial charge < -0.3 is 15.4 Å². The minimum Gasteiger partial charge on any atom is -0.457 e. The van der Waals surface area contributed by atoms with Crippen molar-refractivity contribution in [1.82, 2.24) is 10.3 Å². The summed E-state index contributed by atoms with van der Waals surface area (Å²) in [6.45, 7) is 0. The van der Waals surface area contributed by atoms with Crippen molar-refractivity contribution in [2.45, 2.75) is 19.0 Å². The van der Waals surface area contributed by atoms with E-state index in [9.17, 15) is 27.2 Å². The van der Waals surface area contributed by atoms with E-state index in [4.69, 9.17) is 4.74 Å². The van der Waals surface area contributed by atoms with Crippen LogP contribution in [0.1, 0.15) is 28.0 Å². The number of amides is 2. The van der Waals surface area contributed by atoms with Crippen LogP contribution in [0, 0.1) is 5.82 Å². The lowest BCUT2D eigenvalue weighted by Crippen LogP contribution is -2.18. The van der Waals surface area contributed by atoms with Crippen molar-refractivity contribution in [1.29, 1.82) is 0 Å². The van der Waals surface area contributed by atoms with Gasteiger partial charge in [0, 0.05) is 25.7 Å². The zero-order chi connectivity index (χ0) is 24.0. The van der Waals surface area contributed by atoms with E-state index in [1.54, 1.807) is 30.3 Å². The van der Waals surface area contributed by atoms with Crippen LogP contribution in [0.2, 0.25) is 0 Å². The van der Waals surface area contributed by atoms with Crippen LogP contribution in [-0.4, -0.2) is 23.8 Å². The lowest BCUT2D eigenvalue weighted by molar-refractivity contribution is -0.137. The van der Waals surface area contributed by atoms with Crippen molar-refractivity contribution in [3.63, 3.8) is 0 Å². The normalized spacial score (nSPS) is 11.1. The number of hydrogen-bond acceptors (Lipinski definition) is 4. The molecule has 0 unspecified atom stereocenters. The molecule has 0 saturated carbocycles. The Kier molecular flexibility index (Phi) is 7.27. The molecule has 172 valence electrons. The van der Waals surface area contributed by atoms with Gasteiger partial charge in [-0.25, -0.2) is 4.39 Å². The van der Waals surface area contributed by atoms with Crippen LogP contribution in [0.15, 0.2) is 60.8 Å². The van der Waals surface area contributed by atoms with Crippen molar-refractivity contribution in [3.8, 4) is 11.5 Å². The number of carbonyl (C=O) groups excluding carboxylic acids is 2. The third kappa shape index (κ3) is 6.52. The molecular weight excluding hydrogens is 442 g/mol. The van der Waals surface area contributed by atoms with Crippen molar-refractivity contribution >= 4 is 17.5 Å². The summed E-state index contributed by atoms with van der Waals surface area (Å²) in [6, 6.07) is 11.7. The molecule has 2 N–H and O–H groups in total. The summed E-state index contributed by atoms with van der Waals surface area (Å²) in [7, 11) is 1.49. The molecule has 1 heterocycles. The molecule has 0 saturated heterocycles. The quantitative estimate of drug-likeness (QED) is 0.488. The van der Waals surface area contributed by atoms with Gasteiger partial charge in [-0.3, -0.25) is 14.6 Å². The average Bonchev–Trinajstić information content (AvgIpc) is 2.79. The minimum atomic E-state index is -4.64. The van der Waals surface area contributed by atoms with Gasteiger partial charge in [-0.05, 0) is 48.4 Å². The van der Waals surface area contributed by atoms with E-state index < -0.39 is 29.2 Å². The number of ether oxygens (including phenoxy) is 1. The molecule has 2 amide bonds. The number of anilines is 1. The predicted molar refractivity (Wildman–Crippen MR) is 112 cm³/mol. The fourth-order valence-electron chi connectivity index (χ4n) is 2.86. The number of nitrogens with zero attached hydrogens (tertiary/aromatic N) is 1. The van der Waals surface area contributed by atoms with Crippen LogP contribution < -0.4 is 15.4 Å². The van der Waals surface area contributed by atoms with E-state index in [2.05, 4.69) is 15.6 Å². The summed E-state index contributed by atoms with van der Waals surface area (Å²) in [5.74, 6) is -1.01. The number of nitrogens with one attached hydrogen (secondary N) is 2. The molecule has 6 nitrogen and oxygen atoms in total. The first-order valence-electron chi connectivity index (χ1n) is 9.77. The second kappa shape index (κ2) is 10.1. The maximum Gasteiger partial charge on any atom is 0.416 e. The Labute approximate surface area is 186 Å². The maximum absolute atomic E-state index is 13.8. The lowest BCUT2D eigenvalue weighted by Gasteiger charge is -2.11. The fraction of sp³-hybridized carbons (Fsp3) is 0.174. The van der Waals surface area contributed by atoms with Crippen molar-refractivity contribution < 1.29 is 31.9 Å². The first-order valence-corrected chi connectivity index (χ1v) is 9.77. The molecule has 0 aliphatic carbocycles. The molecule has 1 aromatic heterocycles. The number of benzene rings is 2. The number of pyridine rings is 1. The van der Waals surface area contributed by atoms with Gasteiger partial charge in [0.05, 0.1) is 11.3 Å². The van der Waals surface area contributed by atoms with Crippen LogP contribution in [0.4, 0.5) is 23.2 Å². The Morgan fingerprint density at radius 1 is 1.00 bits per heavy atom. The lowest BCUT2D eigenvalue weighted by atomic mass is 10.1. The fourth-order valence-corrected chi connectivity index (χ4v) is 2.86. The second-order valence-electron chi connectivity index (χ2n) is 6.94. The summed E-state index contributed by atoms with van der Waals surface area (Å²) in [5, 5.41) is 4.65. The maximum atomic E-state index is 13.8. The number of halogens is 4. The molecule has 2 aromatic carbocycles. The number of alkyl halides is 3. The standard InChI is InChI=1S/C23H19F4N3O3/c1-28-22(32)20-13-17(10-11-29-20)33-16-6-2-14(3-7-16)4-9-21(31)30-19-12-15(23(25,26)27)5-8-18(19)24/h2-3,5-8,10-13H,4,9H2,1H3,(H,28,32)(H,30,31). The van der Waals surface area contributed by atoms with Crippen molar-refractivity contribution in [3.05, 3.63) is 83.4 Å². The van der Waals surface area contributed by atoms with Gasteiger partial charge in [-0.15, -0.1) is 0 Å².